The molecule has 25 heavy (non-hydrogen) atoms. The van der Waals surface area contributed by atoms with E-state index in [1.54, 1.807) is 13.0 Å². The van der Waals surface area contributed by atoms with E-state index < -0.39 is 0 Å². The van der Waals surface area contributed by atoms with Crippen molar-refractivity contribution in [2.75, 3.05) is 11.9 Å². The van der Waals surface area contributed by atoms with Crippen LogP contribution in [0.25, 0.3) is 21.2 Å². The minimum Gasteiger partial charge on any atom is -0.453 e. The molecule has 0 amide bonds. The molecule has 0 aliphatic carbocycles. The summed E-state index contributed by atoms with van der Waals surface area (Å²) in [5.41, 5.74) is 1.95. The highest BCUT2D eigenvalue weighted by Crippen LogP contribution is 2.29. The number of rotatable bonds is 4. The van der Waals surface area contributed by atoms with Crippen LogP contribution in [0.15, 0.2) is 40.8 Å². The topological polar surface area (TPSA) is 55.1 Å². The van der Waals surface area contributed by atoms with Crippen LogP contribution in [0.4, 0.5) is 9.52 Å². The molecule has 4 aromatic rings. The lowest BCUT2D eigenvalue weighted by Crippen LogP contribution is -2.14. The van der Waals surface area contributed by atoms with Gasteiger partial charge < -0.3 is 9.73 Å². The van der Waals surface area contributed by atoms with E-state index in [2.05, 4.69) is 10.3 Å². The number of aromatic nitrogens is 1. The Bertz CT molecular complexity index is 1120. The van der Waals surface area contributed by atoms with Crippen molar-refractivity contribution in [2.24, 2.45) is 0 Å². The van der Waals surface area contributed by atoms with Gasteiger partial charge in [-0.1, -0.05) is 22.9 Å². The fraction of sp³-hybridized carbons (Fsp3) is 0.111. The predicted octanol–water partition coefficient (Wildman–Crippen LogP) is 5.44. The number of nitrogens with zero attached hydrogens (tertiary/aromatic N) is 1. The van der Waals surface area contributed by atoms with Gasteiger partial charge in [0.05, 0.1) is 16.8 Å². The molecule has 0 radical (unpaired) electrons. The van der Waals surface area contributed by atoms with Crippen LogP contribution in [0.3, 0.4) is 0 Å². The normalized spacial score (nSPS) is 11.3. The summed E-state index contributed by atoms with van der Waals surface area (Å²) in [5.74, 6) is -0.342. The molecule has 0 unspecified atom stereocenters. The zero-order valence-electron chi connectivity index (χ0n) is 13.1. The minimum absolute atomic E-state index is 0.0384. The minimum atomic E-state index is -0.360. The molecular weight excluding hydrogens is 363 g/mol. The largest absolute Gasteiger partial charge is 0.453 e. The van der Waals surface area contributed by atoms with Gasteiger partial charge in [-0.05, 0) is 43.3 Å². The number of anilines is 1. The highest BCUT2D eigenvalue weighted by atomic mass is 35.5. The first-order valence-corrected chi connectivity index (χ1v) is 8.72. The smallest absolute Gasteiger partial charge is 0.217 e. The number of Topliss-reactive ketones (excluding diaryl/α,β-unsaturated/α-hetero) is 1. The number of thiazole rings is 1. The van der Waals surface area contributed by atoms with E-state index in [1.807, 2.05) is 12.1 Å². The second kappa shape index (κ2) is 6.13. The molecule has 0 saturated heterocycles. The van der Waals surface area contributed by atoms with Crippen molar-refractivity contribution < 1.29 is 13.6 Å². The maximum Gasteiger partial charge on any atom is 0.217 e. The zero-order chi connectivity index (χ0) is 17.6. The second-order valence-electron chi connectivity index (χ2n) is 5.60. The van der Waals surface area contributed by atoms with Gasteiger partial charge >= 0.3 is 0 Å². The molecule has 0 bridgehead atoms. The number of benzene rings is 2. The van der Waals surface area contributed by atoms with E-state index in [1.165, 1.54) is 29.5 Å². The number of carbonyl (C=O) groups excluding carboxylic acids is 1. The van der Waals surface area contributed by atoms with Gasteiger partial charge in [-0.2, -0.15) is 0 Å². The molecule has 4 rings (SSSR count). The molecule has 0 aliphatic rings. The Labute approximate surface area is 151 Å². The van der Waals surface area contributed by atoms with Gasteiger partial charge in [0.25, 0.3) is 0 Å². The molecule has 0 saturated carbocycles. The maximum absolute atomic E-state index is 13.4. The first-order valence-electron chi connectivity index (χ1n) is 7.53. The van der Waals surface area contributed by atoms with Gasteiger partial charge in [0.2, 0.25) is 5.78 Å². The fourth-order valence-electron chi connectivity index (χ4n) is 2.67. The lowest BCUT2D eigenvalue weighted by atomic mass is 10.1. The Morgan fingerprint density at radius 1 is 1.32 bits per heavy atom. The molecule has 126 valence electrons. The molecule has 2 aromatic carbocycles. The molecule has 1 N–H and O–H groups in total. The van der Waals surface area contributed by atoms with Crippen LogP contribution in [0.1, 0.15) is 16.1 Å². The third-order valence-electron chi connectivity index (χ3n) is 3.90. The second-order valence-corrected chi connectivity index (χ2v) is 7.07. The number of carbonyl (C=O) groups is 1. The highest BCUT2D eigenvalue weighted by Gasteiger charge is 2.18. The summed E-state index contributed by atoms with van der Waals surface area (Å²) in [7, 11) is 0. The monoisotopic (exact) mass is 374 g/mol. The molecule has 0 atom stereocenters. The molecule has 2 aromatic heterocycles. The summed E-state index contributed by atoms with van der Waals surface area (Å²) in [6, 6.07) is 9.65. The van der Waals surface area contributed by atoms with Crippen LogP contribution in [-0.2, 0) is 0 Å². The van der Waals surface area contributed by atoms with Gasteiger partial charge in [-0.15, -0.1) is 0 Å². The summed E-state index contributed by atoms with van der Waals surface area (Å²) in [4.78, 5) is 16.9. The van der Waals surface area contributed by atoms with Crippen molar-refractivity contribution in [1.29, 1.82) is 0 Å². The maximum atomic E-state index is 13.4. The first-order chi connectivity index (χ1) is 12.0. The van der Waals surface area contributed by atoms with Gasteiger partial charge in [0, 0.05) is 16.0 Å². The average molecular weight is 375 g/mol. The van der Waals surface area contributed by atoms with Crippen LogP contribution in [0.2, 0.25) is 5.02 Å². The quantitative estimate of drug-likeness (QED) is 0.483. The molecule has 2 heterocycles. The van der Waals surface area contributed by atoms with Crippen molar-refractivity contribution in [3.8, 4) is 0 Å². The van der Waals surface area contributed by atoms with Crippen molar-refractivity contribution in [3.63, 3.8) is 0 Å². The van der Waals surface area contributed by atoms with E-state index in [-0.39, 0.29) is 23.9 Å². The number of aryl methyl sites for hydroxylation is 1. The van der Waals surface area contributed by atoms with Gasteiger partial charge in [-0.25, -0.2) is 9.37 Å². The van der Waals surface area contributed by atoms with E-state index in [9.17, 15) is 9.18 Å². The zero-order valence-corrected chi connectivity index (χ0v) is 14.7. The van der Waals surface area contributed by atoms with Crippen molar-refractivity contribution in [1.82, 2.24) is 4.98 Å². The number of fused-ring (bicyclic) bond motifs is 2. The molecular formula is C18H12ClFN2O2S. The lowest BCUT2D eigenvalue weighted by Gasteiger charge is -2.00. The van der Waals surface area contributed by atoms with Crippen LogP contribution in [0.5, 0.6) is 0 Å². The number of hydrogen-bond donors (Lipinski definition) is 1. The predicted molar refractivity (Wildman–Crippen MR) is 98.4 cm³/mol. The third kappa shape index (κ3) is 2.99. The third-order valence-corrected chi connectivity index (χ3v) is 5.11. The van der Waals surface area contributed by atoms with Crippen molar-refractivity contribution in [2.45, 2.75) is 6.92 Å². The SMILES string of the molecule is Cc1c(C(=O)CNc2nc3ccc(Cl)cc3s2)oc2ccc(F)cc12. The van der Waals surface area contributed by atoms with E-state index in [4.69, 9.17) is 16.0 Å². The van der Waals surface area contributed by atoms with E-state index in [0.717, 1.165) is 10.2 Å². The Morgan fingerprint density at radius 2 is 2.16 bits per heavy atom. The van der Waals surface area contributed by atoms with Gasteiger partial charge in [0.1, 0.15) is 11.4 Å². The summed E-state index contributed by atoms with van der Waals surface area (Å²) < 4.78 is 19.9. The Hall–Kier alpha value is -2.44. The van der Waals surface area contributed by atoms with Crippen LogP contribution in [-0.4, -0.2) is 17.3 Å². The van der Waals surface area contributed by atoms with Crippen LogP contribution < -0.4 is 5.32 Å². The van der Waals surface area contributed by atoms with Gasteiger partial charge in [-0.3, -0.25) is 4.79 Å². The van der Waals surface area contributed by atoms with Crippen molar-refractivity contribution >= 4 is 55.0 Å². The average Bonchev–Trinajstić information content (AvgIpc) is 3.13. The molecule has 0 spiro atoms. The number of ketones is 1. The Kier molecular flexibility index (Phi) is 3.94. The highest BCUT2D eigenvalue weighted by molar-refractivity contribution is 7.22. The number of nitrogens with one attached hydrogen (secondary N) is 1. The summed E-state index contributed by atoms with van der Waals surface area (Å²) in [5, 5.41) is 4.90. The number of halogens is 2. The standard InChI is InChI=1S/C18H12ClFN2O2S/c1-9-12-7-11(20)3-5-15(12)24-17(9)14(23)8-21-18-22-13-4-2-10(19)6-16(13)25-18/h2-7H,8H2,1H3,(H,21,22). The molecule has 0 aliphatic heterocycles. The summed E-state index contributed by atoms with van der Waals surface area (Å²) >= 11 is 7.39. The molecule has 7 heteroatoms. The Morgan fingerprint density at radius 3 is 3.00 bits per heavy atom. The lowest BCUT2D eigenvalue weighted by molar-refractivity contribution is 0.0981. The molecule has 4 nitrogen and oxygen atoms in total. The Balaban J connectivity index is 1.56. The van der Waals surface area contributed by atoms with Gasteiger partial charge in [0.15, 0.2) is 10.9 Å². The fourth-order valence-corrected chi connectivity index (χ4v) is 3.81. The van der Waals surface area contributed by atoms with Crippen LogP contribution >= 0.6 is 22.9 Å². The molecule has 0 fully saturated rings. The van der Waals surface area contributed by atoms with Crippen molar-refractivity contribution in [3.05, 3.63) is 58.6 Å². The first kappa shape index (κ1) is 16.1. The van der Waals surface area contributed by atoms with E-state index >= 15 is 0 Å². The summed E-state index contributed by atoms with van der Waals surface area (Å²) in [6.07, 6.45) is 0. The van der Waals surface area contributed by atoms with E-state index in [0.29, 0.717) is 26.7 Å². The van der Waals surface area contributed by atoms with Crippen LogP contribution in [0, 0.1) is 12.7 Å². The summed E-state index contributed by atoms with van der Waals surface area (Å²) in [6.45, 7) is 1.79. The number of hydrogen-bond acceptors (Lipinski definition) is 5. The number of furan rings is 1.